The zero-order valence-corrected chi connectivity index (χ0v) is 11.6. The second-order valence-corrected chi connectivity index (χ2v) is 6.02. The van der Waals surface area contributed by atoms with E-state index in [0.29, 0.717) is 18.4 Å². The molecule has 104 valence electrons. The lowest BCUT2D eigenvalue weighted by Gasteiger charge is -2.33. The smallest absolute Gasteiger partial charge is 0.223 e. The third kappa shape index (κ3) is 3.95. The summed E-state index contributed by atoms with van der Waals surface area (Å²) in [5.41, 5.74) is 5.86. The number of amides is 1. The van der Waals surface area contributed by atoms with Crippen LogP contribution in [0.1, 0.15) is 39.0 Å². The van der Waals surface area contributed by atoms with Crippen LogP contribution < -0.4 is 5.73 Å². The van der Waals surface area contributed by atoms with Crippen molar-refractivity contribution in [1.29, 1.82) is 0 Å². The molecule has 2 aliphatic rings. The van der Waals surface area contributed by atoms with Crippen molar-refractivity contribution in [3.8, 4) is 0 Å². The Morgan fingerprint density at radius 1 is 1.22 bits per heavy atom. The Balaban J connectivity index is 1.68. The van der Waals surface area contributed by atoms with Crippen molar-refractivity contribution in [1.82, 2.24) is 9.80 Å². The zero-order chi connectivity index (χ0) is 13.0. The molecule has 4 heteroatoms. The number of hydrogen-bond acceptors (Lipinski definition) is 3. The number of piperidine rings is 2. The van der Waals surface area contributed by atoms with Crippen LogP contribution >= 0.6 is 0 Å². The van der Waals surface area contributed by atoms with E-state index in [4.69, 9.17) is 5.73 Å². The number of hydrogen-bond donors (Lipinski definition) is 1. The fraction of sp³-hybridized carbons (Fsp3) is 0.929. The molecule has 0 aromatic rings. The van der Waals surface area contributed by atoms with Gasteiger partial charge in [-0.05, 0) is 38.1 Å². The van der Waals surface area contributed by atoms with Crippen LogP contribution in [-0.2, 0) is 4.79 Å². The summed E-state index contributed by atoms with van der Waals surface area (Å²) in [6.45, 7) is 7.29. The number of likely N-dealkylation sites (tertiary alicyclic amines) is 2. The molecule has 1 unspecified atom stereocenters. The fourth-order valence-corrected chi connectivity index (χ4v) is 3.05. The van der Waals surface area contributed by atoms with E-state index in [1.165, 1.54) is 19.4 Å². The van der Waals surface area contributed by atoms with Gasteiger partial charge in [0.15, 0.2) is 0 Å². The maximum Gasteiger partial charge on any atom is 0.223 e. The minimum atomic E-state index is 0.303. The minimum Gasteiger partial charge on any atom is -0.343 e. The molecule has 0 aromatic carbocycles. The first-order chi connectivity index (χ1) is 8.65. The molecule has 0 aromatic heterocycles. The second-order valence-electron chi connectivity index (χ2n) is 6.02. The Morgan fingerprint density at radius 2 is 1.94 bits per heavy atom. The molecule has 4 nitrogen and oxygen atoms in total. The number of rotatable bonds is 3. The largest absolute Gasteiger partial charge is 0.343 e. The molecule has 2 saturated heterocycles. The molecule has 1 amide bonds. The van der Waals surface area contributed by atoms with Crippen LogP contribution in [0.4, 0.5) is 0 Å². The van der Waals surface area contributed by atoms with Crippen LogP contribution in [0, 0.1) is 5.92 Å². The standard InChI is InChI=1S/C14H27N3O/c1-12-3-2-7-16(11-12)8-6-14(18)17-9-4-13(15)5-10-17/h12-13H,2-11,15H2,1H3. The van der Waals surface area contributed by atoms with Crippen molar-refractivity contribution in [2.45, 2.75) is 45.1 Å². The summed E-state index contributed by atoms with van der Waals surface area (Å²) in [6, 6.07) is 0.303. The highest BCUT2D eigenvalue weighted by molar-refractivity contribution is 5.76. The average molecular weight is 253 g/mol. The van der Waals surface area contributed by atoms with E-state index in [2.05, 4.69) is 11.8 Å². The SMILES string of the molecule is CC1CCCN(CCC(=O)N2CCC(N)CC2)C1. The van der Waals surface area contributed by atoms with Gasteiger partial charge in [-0.1, -0.05) is 6.92 Å². The molecule has 2 fully saturated rings. The first-order valence-corrected chi connectivity index (χ1v) is 7.41. The summed E-state index contributed by atoms with van der Waals surface area (Å²) in [5.74, 6) is 1.11. The van der Waals surface area contributed by atoms with E-state index in [1.807, 2.05) is 4.90 Å². The highest BCUT2D eigenvalue weighted by atomic mass is 16.2. The van der Waals surface area contributed by atoms with Gasteiger partial charge < -0.3 is 15.5 Å². The van der Waals surface area contributed by atoms with Crippen molar-refractivity contribution in [3.05, 3.63) is 0 Å². The highest BCUT2D eigenvalue weighted by Crippen LogP contribution is 2.16. The van der Waals surface area contributed by atoms with Crippen molar-refractivity contribution in [2.75, 3.05) is 32.7 Å². The maximum absolute atomic E-state index is 12.1. The van der Waals surface area contributed by atoms with Crippen molar-refractivity contribution >= 4 is 5.91 Å². The van der Waals surface area contributed by atoms with Crippen LogP contribution in [0.3, 0.4) is 0 Å². The predicted octanol–water partition coefficient (Wildman–Crippen LogP) is 1.06. The topological polar surface area (TPSA) is 49.6 Å². The molecule has 0 aliphatic carbocycles. The van der Waals surface area contributed by atoms with Gasteiger partial charge in [0.05, 0.1) is 0 Å². The van der Waals surface area contributed by atoms with Crippen LogP contribution in [0.25, 0.3) is 0 Å². The lowest BCUT2D eigenvalue weighted by molar-refractivity contribution is -0.132. The maximum atomic E-state index is 12.1. The third-order valence-electron chi connectivity index (χ3n) is 4.28. The first kappa shape index (κ1) is 13.8. The monoisotopic (exact) mass is 253 g/mol. The van der Waals surface area contributed by atoms with Crippen LogP contribution in [-0.4, -0.2) is 54.5 Å². The Labute approximate surface area is 110 Å². The first-order valence-electron chi connectivity index (χ1n) is 7.41. The number of carbonyl (C=O) groups is 1. The molecule has 0 radical (unpaired) electrons. The molecule has 2 rings (SSSR count). The van der Waals surface area contributed by atoms with E-state index < -0.39 is 0 Å². The summed E-state index contributed by atoms with van der Waals surface area (Å²) >= 11 is 0. The molecule has 18 heavy (non-hydrogen) atoms. The van der Waals surface area contributed by atoms with E-state index >= 15 is 0 Å². The van der Waals surface area contributed by atoms with E-state index in [1.54, 1.807) is 0 Å². The van der Waals surface area contributed by atoms with E-state index in [0.717, 1.165) is 44.9 Å². The van der Waals surface area contributed by atoms with Gasteiger partial charge in [0, 0.05) is 38.6 Å². The quantitative estimate of drug-likeness (QED) is 0.818. The molecule has 2 N–H and O–H groups in total. The summed E-state index contributed by atoms with van der Waals surface area (Å²) in [7, 11) is 0. The van der Waals surface area contributed by atoms with Gasteiger partial charge in [-0.2, -0.15) is 0 Å². The highest BCUT2D eigenvalue weighted by Gasteiger charge is 2.22. The van der Waals surface area contributed by atoms with Crippen molar-refractivity contribution in [3.63, 3.8) is 0 Å². The Kier molecular flexibility index (Phi) is 5.01. The van der Waals surface area contributed by atoms with Gasteiger partial charge in [-0.15, -0.1) is 0 Å². The fourth-order valence-electron chi connectivity index (χ4n) is 3.05. The van der Waals surface area contributed by atoms with Gasteiger partial charge in [-0.25, -0.2) is 0 Å². The number of nitrogens with two attached hydrogens (primary N) is 1. The molecule has 1 atom stereocenters. The normalized spacial score (nSPS) is 27.4. The number of nitrogens with zero attached hydrogens (tertiary/aromatic N) is 2. The van der Waals surface area contributed by atoms with Gasteiger partial charge in [-0.3, -0.25) is 4.79 Å². The average Bonchev–Trinajstić information content (AvgIpc) is 2.37. The molecular weight excluding hydrogens is 226 g/mol. The van der Waals surface area contributed by atoms with Gasteiger partial charge in [0.25, 0.3) is 0 Å². The van der Waals surface area contributed by atoms with Crippen LogP contribution in [0.2, 0.25) is 0 Å². The van der Waals surface area contributed by atoms with Gasteiger partial charge >= 0.3 is 0 Å². The molecular formula is C14H27N3O. The van der Waals surface area contributed by atoms with Crippen molar-refractivity contribution < 1.29 is 4.79 Å². The van der Waals surface area contributed by atoms with E-state index in [9.17, 15) is 4.79 Å². The lowest BCUT2D eigenvalue weighted by Crippen LogP contribution is -2.44. The summed E-state index contributed by atoms with van der Waals surface area (Å²) in [6.07, 6.45) is 5.24. The molecule has 0 spiro atoms. The Bertz CT molecular complexity index is 274. The Morgan fingerprint density at radius 3 is 2.61 bits per heavy atom. The summed E-state index contributed by atoms with van der Waals surface area (Å²) < 4.78 is 0. The Hall–Kier alpha value is -0.610. The molecule has 0 saturated carbocycles. The minimum absolute atomic E-state index is 0.303. The van der Waals surface area contributed by atoms with Gasteiger partial charge in [0.1, 0.15) is 0 Å². The van der Waals surface area contributed by atoms with Crippen molar-refractivity contribution in [2.24, 2.45) is 11.7 Å². The number of carbonyl (C=O) groups excluding carboxylic acids is 1. The lowest BCUT2D eigenvalue weighted by atomic mass is 10.00. The predicted molar refractivity (Wildman–Crippen MR) is 73.2 cm³/mol. The zero-order valence-electron chi connectivity index (χ0n) is 11.6. The van der Waals surface area contributed by atoms with Gasteiger partial charge in [0.2, 0.25) is 5.91 Å². The summed E-state index contributed by atoms with van der Waals surface area (Å²) in [5, 5.41) is 0. The van der Waals surface area contributed by atoms with Crippen LogP contribution in [0.15, 0.2) is 0 Å². The third-order valence-corrected chi connectivity index (χ3v) is 4.28. The molecule has 2 aliphatic heterocycles. The van der Waals surface area contributed by atoms with Crippen LogP contribution in [0.5, 0.6) is 0 Å². The summed E-state index contributed by atoms with van der Waals surface area (Å²) in [4.78, 5) is 16.5. The second kappa shape index (κ2) is 6.53. The van der Waals surface area contributed by atoms with E-state index in [-0.39, 0.29) is 0 Å². The molecule has 2 heterocycles. The molecule has 0 bridgehead atoms.